The maximum absolute atomic E-state index is 11.6. The van der Waals surface area contributed by atoms with Gasteiger partial charge in [-0.1, -0.05) is 27.2 Å². The van der Waals surface area contributed by atoms with Crippen LogP contribution in [0, 0.1) is 5.92 Å². The monoisotopic (exact) mass is 244 g/mol. The zero-order chi connectivity index (χ0) is 13.3. The van der Waals surface area contributed by atoms with Gasteiger partial charge in [-0.05, 0) is 25.7 Å². The molecule has 2 atom stereocenters. The summed E-state index contributed by atoms with van der Waals surface area (Å²) in [6.07, 6.45) is 2.73. The van der Waals surface area contributed by atoms with Gasteiger partial charge in [0, 0.05) is 13.2 Å². The zero-order valence-electron chi connectivity index (χ0n) is 11.7. The van der Waals surface area contributed by atoms with Gasteiger partial charge in [-0.3, -0.25) is 4.79 Å². The normalized spacial score (nSPS) is 14.7. The Kier molecular flexibility index (Phi) is 9.09. The van der Waals surface area contributed by atoms with Crippen LogP contribution in [-0.4, -0.2) is 31.2 Å². The predicted molar refractivity (Wildman–Crippen MR) is 70.8 cm³/mol. The van der Waals surface area contributed by atoms with Crippen LogP contribution in [-0.2, 0) is 9.53 Å². The molecule has 0 saturated heterocycles. The molecule has 0 aliphatic rings. The predicted octanol–water partition coefficient (Wildman–Crippen LogP) is 1.68. The molecule has 0 saturated carbocycles. The molecule has 0 aliphatic carbocycles. The van der Waals surface area contributed by atoms with Crippen LogP contribution in [0.25, 0.3) is 0 Å². The molecule has 4 heteroatoms. The number of nitrogens with two attached hydrogens (primary N) is 1. The van der Waals surface area contributed by atoms with Crippen LogP contribution in [0.3, 0.4) is 0 Å². The van der Waals surface area contributed by atoms with E-state index in [0.717, 1.165) is 19.3 Å². The Hall–Kier alpha value is -0.610. The Labute approximate surface area is 105 Å². The molecule has 0 aromatic rings. The molecule has 0 aliphatic heterocycles. The second-order valence-electron chi connectivity index (χ2n) is 4.71. The van der Waals surface area contributed by atoms with E-state index in [-0.39, 0.29) is 18.1 Å². The number of ether oxygens (including phenoxy) is 1. The second kappa shape index (κ2) is 9.42. The standard InChI is InChI=1S/C13H28N2O2/c1-5-7-11(14)13(16)15-9-8-12(10(3)4)17-6-2/h10-12H,5-9,14H2,1-4H3,(H,15,16). The van der Waals surface area contributed by atoms with E-state index in [1.807, 2.05) is 13.8 Å². The third-order valence-corrected chi connectivity index (χ3v) is 2.79. The molecule has 3 N–H and O–H groups in total. The first kappa shape index (κ1) is 16.4. The van der Waals surface area contributed by atoms with Gasteiger partial charge in [0.1, 0.15) is 0 Å². The summed E-state index contributed by atoms with van der Waals surface area (Å²) in [5, 5.41) is 2.87. The average Bonchev–Trinajstić information content (AvgIpc) is 2.27. The van der Waals surface area contributed by atoms with Crippen molar-refractivity contribution in [3.8, 4) is 0 Å². The largest absolute Gasteiger partial charge is 0.378 e. The van der Waals surface area contributed by atoms with Gasteiger partial charge in [0.15, 0.2) is 0 Å². The van der Waals surface area contributed by atoms with Crippen LogP contribution in [0.4, 0.5) is 0 Å². The SMILES string of the molecule is CCCC(N)C(=O)NCCC(OCC)C(C)C. The van der Waals surface area contributed by atoms with Crippen molar-refractivity contribution in [1.82, 2.24) is 5.32 Å². The molecule has 0 rings (SSSR count). The lowest BCUT2D eigenvalue weighted by atomic mass is 10.0. The summed E-state index contributed by atoms with van der Waals surface area (Å²) in [5.74, 6) is 0.419. The summed E-state index contributed by atoms with van der Waals surface area (Å²) in [4.78, 5) is 11.6. The van der Waals surface area contributed by atoms with Gasteiger partial charge in [0.05, 0.1) is 12.1 Å². The maximum Gasteiger partial charge on any atom is 0.236 e. The molecule has 0 fully saturated rings. The molecular formula is C13H28N2O2. The van der Waals surface area contributed by atoms with Crippen molar-refractivity contribution in [2.24, 2.45) is 11.7 Å². The van der Waals surface area contributed by atoms with Crippen LogP contribution >= 0.6 is 0 Å². The van der Waals surface area contributed by atoms with E-state index in [1.54, 1.807) is 0 Å². The van der Waals surface area contributed by atoms with E-state index in [4.69, 9.17) is 10.5 Å². The summed E-state index contributed by atoms with van der Waals surface area (Å²) in [6, 6.07) is -0.371. The summed E-state index contributed by atoms with van der Waals surface area (Å²) in [6.45, 7) is 9.63. The second-order valence-corrected chi connectivity index (χ2v) is 4.71. The fraction of sp³-hybridized carbons (Fsp3) is 0.923. The minimum Gasteiger partial charge on any atom is -0.378 e. The molecule has 0 heterocycles. The Morgan fingerprint density at radius 2 is 1.94 bits per heavy atom. The van der Waals surface area contributed by atoms with Crippen molar-refractivity contribution in [2.75, 3.05) is 13.2 Å². The number of carbonyl (C=O) groups is 1. The summed E-state index contributed by atoms with van der Waals surface area (Å²) in [5.41, 5.74) is 5.72. The van der Waals surface area contributed by atoms with E-state index in [1.165, 1.54) is 0 Å². The quantitative estimate of drug-likeness (QED) is 0.648. The molecule has 17 heavy (non-hydrogen) atoms. The molecule has 0 spiro atoms. The van der Waals surface area contributed by atoms with Gasteiger partial charge in [0.2, 0.25) is 5.91 Å². The molecule has 0 bridgehead atoms. The number of amides is 1. The first-order valence-electron chi connectivity index (χ1n) is 6.67. The summed E-state index contributed by atoms with van der Waals surface area (Å²) >= 11 is 0. The first-order chi connectivity index (χ1) is 8.02. The van der Waals surface area contributed by atoms with Crippen LogP contribution in [0.5, 0.6) is 0 Å². The minimum absolute atomic E-state index is 0.0501. The maximum atomic E-state index is 11.6. The molecule has 0 aromatic heterocycles. The minimum atomic E-state index is -0.371. The summed E-state index contributed by atoms with van der Waals surface area (Å²) < 4.78 is 5.61. The highest BCUT2D eigenvalue weighted by atomic mass is 16.5. The van der Waals surface area contributed by atoms with Crippen molar-refractivity contribution in [2.45, 2.75) is 59.1 Å². The van der Waals surface area contributed by atoms with Gasteiger partial charge >= 0.3 is 0 Å². The lowest BCUT2D eigenvalue weighted by molar-refractivity contribution is -0.122. The molecule has 4 nitrogen and oxygen atoms in total. The highest BCUT2D eigenvalue weighted by molar-refractivity contribution is 5.81. The number of hydrogen-bond acceptors (Lipinski definition) is 3. The third kappa shape index (κ3) is 7.34. The van der Waals surface area contributed by atoms with Crippen molar-refractivity contribution in [3.05, 3.63) is 0 Å². The number of rotatable bonds is 9. The third-order valence-electron chi connectivity index (χ3n) is 2.79. The lowest BCUT2D eigenvalue weighted by Crippen LogP contribution is -2.41. The molecule has 0 aromatic carbocycles. The highest BCUT2D eigenvalue weighted by Gasteiger charge is 2.15. The first-order valence-corrected chi connectivity index (χ1v) is 6.67. The number of nitrogens with one attached hydrogen (secondary N) is 1. The molecule has 1 amide bonds. The molecule has 102 valence electrons. The van der Waals surface area contributed by atoms with Gasteiger partial charge in [-0.25, -0.2) is 0 Å². The van der Waals surface area contributed by atoms with E-state index in [0.29, 0.717) is 19.1 Å². The Bertz CT molecular complexity index is 208. The highest BCUT2D eigenvalue weighted by Crippen LogP contribution is 2.09. The van der Waals surface area contributed by atoms with E-state index in [2.05, 4.69) is 19.2 Å². The van der Waals surface area contributed by atoms with Crippen molar-refractivity contribution < 1.29 is 9.53 Å². The van der Waals surface area contributed by atoms with E-state index >= 15 is 0 Å². The fourth-order valence-corrected chi connectivity index (χ4v) is 1.73. The topological polar surface area (TPSA) is 64.4 Å². The van der Waals surface area contributed by atoms with Gasteiger partial charge in [-0.15, -0.1) is 0 Å². The fourth-order valence-electron chi connectivity index (χ4n) is 1.73. The summed E-state index contributed by atoms with van der Waals surface area (Å²) in [7, 11) is 0. The van der Waals surface area contributed by atoms with E-state index < -0.39 is 0 Å². The van der Waals surface area contributed by atoms with Crippen LogP contribution in [0.15, 0.2) is 0 Å². The zero-order valence-corrected chi connectivity index (χ0v) is 11.7. The molecule has 2 unspecified atom stereocenters. The van der Waals surface area contributed by atoms with Crippen LogP contribution in [0.1, 0.15) is 47.0 Å². The van der Waals surface area contributed by atoms with Crippen molar-refractivity contribution >= 4 is 5.91 Å². The number of carbonyl (C=O) groups excluding carboxylic acids is 1. The van der Waals surface area contributed by atoms with Crippen molar-refractivity contribution in [1.29, 1.82) is 0 Å². The van der Waals surface area contributed by atoms with Crippen LogP contribution in [0.2, 0.25) is 0 Å². The average molecular weight is 244 g/mol. The molecule has 0 radical (unpaired) electrons. The number of hydrogen-bond donors (Lipinski definition) is 2. The van der Waals surface area contributed by atoms with Gasteiger partial charge in [-0.2, -0.15) is 0 Å². The Morgan fingerprint density at radius 1 is 1.29 bits per heavy atom. The lowest BCUT2D eigenvalue weighted by Gasteiger charge is -2.21. The van der Waals surface area contributed by atoms with Gasteiger partial charge in [0.25, 0.3) is 0 Å². The molecular weight excluding hydrogens is 216 g/mol. The van der Waals surface area contributed by atoms with Crippen molar-refractivity contribution in [3.63, 3.8) is 0 Å². The smallest absolute Gasteiger partial charge is 0.236 e. The van der Waals surface area contributed by atoms with Gasteiger partial charge < -0.3 is 15.8 Å². The Balaban J connectivity index is 3.83. The van der Waals surface area contributed by atoms with E-state index in [9.17, 15) is 4.79 Å². The van der Waals surface area contributed by atoms with Crippen LogP contribution < -0.4 is 11.1 Å². The Morgan fingerprint density at radius 3 is 2.41 bits per heavy atom.